The van der Waals surface area contributed by atoms with Crippen molar-refractivity contribution in [3.05, 3.63) is 18.3 Å². The van der Waals surface area contributed by atoms with Crippen molar-refractivity contribution in [1.82, 2.24) is 9.29 Å². The molecule has 9 heteroatoms. The van der Waals surface area contributed by atoms with E-state index < -0.39 is 16.1 Å². The fraction of sp³-hybridized carbons (Fsp3) is 0.571. The predicted molar refractivity (Wildman–Crippen MR) is 92.9 cm³/mol. The Morgan fingerprint density at radius 3 is 2.83 bits per heavy atom. The second-order valence-electron chi connectivity index (χ2n) is 5.40. The first-order valence-electron chi connectivity index (χ1n) is 7.46. The number of amides is 1. The minimum atomic E-state index is -3.38. The number of anilines is 2. The predicted octanol–water partition coefficient (Wildman–Crippen LogP) is 1.62. The molecule has 0 spiro atoms. The summed E-state index contributed by atoms with van der Waals surface area (Å²) in [6, 6.07) is 2.59. The van der Waals surface area contributed by atoms with Gasteiger partial charge in [0, 0.05) is 6.54 Å². The van der Waals surface area contributed by atoms with Crippen molar-refractivity contribution in [3.8, 4) is 0 Å². The molecule has 0 aromatic carbocycles. The number of sulfonamides is 1. The van der Waals surface area contributed by atoms with Crippen molar-refractivity contribution in [2.45, 2.75) is 38.6 Å². The van der Waals surface area contributed by atoms with Crippen LogP contribution in [0.3, 0.4) is 0 Å². The summed E-state index contributed by atoms with van der Waals surface area (Å²) in [6.45, 7) is 2.35. The number of carbonyl (C=O) groups is 1. The highest BCUT2D eigenvalue weighted by molar-refractivity contribution is 7.89. The van der Waals surface area contributed by atoms with Gasteiger partial charge in [-0.2, -0.15) is 4.31 Å². The van der Waals surface area contributed by atoms with Crippen LogP contribution in [0, 0.1) is 0 Å². The van der Waals surface area contributed by atoms with Gasteiger partial charge in [0.15, 0.2) is 0 Å². The third kappa shape index (κ3) is 5.05. The van der Waals surface area contributed by atoms with Crippen LogP contribution in [-0.4, -0.2) is 42.0 Å². The van der Waals surface area contributed by atoms with Gasteiger partial charge < -0.3 is 11.1 Å². The number of nitrogen functional groups attached to an aromatic ring is 1. The van der Waals surface area contributed by atoms with Crippen molar-refractivity contribution in [2.24, 2.45) is 0 Å². The molecule has 1 saturated heterocycles. The number of hydrogen-bond acceptors (Lipinski definition) is 5. The number of nitrogens with zero attached hydrogens (tertiary/aromatic N) is 2. The smallest absolute Gasteiger partial charge is 0.242 e. The van der Waals surface area contributed by atoms with E-state index in [1.54, 1.807) is 12.1 Å². The van der Waals surface area contributed by atoms with Gasteiger partial charge in [0.1, 0.15) is 11.9 Å². The molecule has 0 aliphatic carbocycles. The third-order valence-electron chi connectivity index (χ3n) is 3.67. The van der Waals surface area contributed by atoms with Crippen molar-refractivity contribution in [1.29, 1.82) is 0 Å². The lowest BCUT2D eigenvalue weighted by atomic mass is 10.2. The number of hydrogen-bond donors (Lipinski definition) is 2. The number of pyridine rings is 1. The second kappa shape index (κ2) is 8.47. The number of nitrogens with one attached hydrogen (secondary N) is 1. The maximum atomic E-state index is 12.4. The lowest BCUT2D eigenvalue weighted by molar-refractivity contribution is -0.119. The zero-order valence-corrected chi connectivity index (χ0v) is 14.7. The molecule has 1 aromatic rings. The summed E-state index contributed by atoms with van der Waals surface area (Å²) in [7, 11) is -3.38. The van der Waals surface area contributed by atoms with Crippen molar-refractivity contribution in [3.63, 3.8) is 0 Å². The molecule has 1 unspecified atom stereocenters. The summed E-state index contributed by atoms with van der Waals surface area (Å²) < 4.78 is 26.0. The van der Waals surface area contributed by atoms with Crippen LogP contribution in [0.5, 0.6) is 0 Å². The Morgan fingerprint density at radius 2 is 2.22 bits per heavy atom. The van der Waals surface area contributed by atoms with E-state index in [2.05, 4.69) is 10.3 Å². The first kappa shape index (κ1) is 19.7. The molecule has 1 atom stereocenters. The van der Waals surface area contributed by atoms with Crippen LogP contribution < -0.4 is 11.1 Å². The molecule has 0 radical (unpaired) electrons. The maximum Gasteiger partial charge on any atom is 0.242 e. The van der Waals surface area contributed by atoms with Crippen LogP contribution in [-0.2, 0) is 14.8 Å². The van der Waals surface area contributed by atoms with Gasteiger partial charge in [0.2, 0.25) is 15.9 Å². The summed E-state index contributed by atoms with van der Waals surface area (Å²) in [5, 5.41) is 2.71. The van der Waals surface area contributed by atoms with Gasteiger partial charge in [-0.3, -0.25) is 4.79 Å². The number of rotatable bonds is 6. The van der Waals surface area contributed by atoms with Gasteiger partial charge >= 0.3 is 0 Å². The first-order chi connectivity index (χ1) is 10.4. The van der Waals surface area contributed by atoms with Crippen LogP contribution in [0.1, 0.15) is 32.6 Å². The average Bonchev–Trinajstić information content (AvgIpc) is 2.98. The Bertz CT molecular complexity index is 621. The third-order valence-corrected chi connectivity index (χ3v) is 5.63. The van der Waals surface area contributed by atoms with Crippen LogP contribution in [0.25, 0.3) is 0 Å². The van der Waals surface area contributed by atoms with E-state index >= 15 is 0 Å². The fourth-order valence-electron chi connectivity index (χ4n) is 2.48. The standard InChI is InChI=1S/C14H22N4O3S.ClH/c1-2-3-9-22(20,21)18-8-4-5-12(18)14(19)17-11-6-7-13(15)16-10-11;/h6-7,10,12H,2-5,8-9H2,1H3,(H2,15,16)(H,17,19);1H. The summed E-state index contributed by atoms with van der Waals surface area (Å²) in [5.74, 6) is 0.142. The Kier molecular flexibility index (Phi) is 7.24. The zero-order valence-electron chi connectivity index (χ0n) is 13.1. The van der Waals surface area contributed by atoms with Crippen molar-refractivity contribution in [2.75, 3.05) is 23.3 Å². The fourth-order valence-corrected chi connectivity index (χ4v) is 4.37. The molecule has 1 fully saturated rings. The number of nitrogens with two attached hydrogens (primary N) is 1. The molecule has 1 amide bonds. The summed E-state index contributed by atoms with van der Waals surface area (Å²) in [5.41, 5.74) is 6.01. The molecule has 7 nitrogen and oxygen atoms in total. The maximum absolute atomic E-state index is 12.4. The molecule has 2 heterocycles. The minimum Gasteiger partial charge on any atom is -0.384 e. The normalized spacial score (nSPS) is 18.4. The quantitative estimate of drug-likeness (QED) is 0.799. The summed E-state index contributed by atoms with van der Waals surface area (Å²) >= 11 is 0. The van der Waals surface area contributed by atoms with E-state index in [0.29, 0.717) is 37.3 Å². The number of aromatic nitrogens is 1. The van der Waals surface area contributed by atoms with Gasteiger partial charge in [0.05, 0.1) is 17.6 Å². The second-order valence-corrected chi connectivity index (χ2v) is 7.44. The van der Waals surface area contributed by atoms with E-state index in [1.165, 1.54) is 10.5 Å². The summed E-state index contributed by atoms with van der Waals surface area (Å²) in [6.07, 6.45) is 4.11. The van der Waals surface area contributed by atoms with Gasteiger partial charge in [0.25, 0.3) is 0 Å². The first-order valence-corrected chi connectivity index (χ1v) is 9.07. The largest absolute Gasteiger partial charge is 0.384 e. The Labute approximate surface area is 143 Å². The zero-order chi connectivity index (χ0) is 16.2. The molecule has 130 valence electrons. The molecule has 0 bridgehead atoms. The number of unbranched alkanes of at least 4 members (excludes halogenated alkanes) is 1. The molecular formula is C14H23ClN4O3S. The molecule has 1 aromatic heterocycles. The highest BCUT2D eigenvalue weighted by atomic mass is 35.5. The van der Waals surface area contributed by atoms with Crippen LogP contribution in [0.2, 0.25) is 0 Å². The molecular weight excluding hydrogens is 340 g/mol. The van der Waals surface area contributed by atoms with Crippen LogP contribution in [0.15, 0.2) is 18.3 Å². The van der Waals surface area contributed by atoms with Crippen LogP contribution >= 0.6 is 12.4 Å². The average molecular weight is 363 g/mol. The highest BCUT2D eigenvalue weighted by Gasteiger charge is 2.38. The van der Waals surface area contributed by atoms with E-state index in [1.807, 2.05) is 6.92 Å². The SMILES string of the molecule is CCCCS(=O)(=O)N1CCCC1C(=O)Nc1ccc(N)nc1.Cl. The van der Waals surface area contributed by atoms with Gasteiger partial charge in [-0.15, -0.1) is 12.4 Å². The van der Waals surface area contributed by atoms with E-state index in [4.69, 9.17) is 5.73 Å². The molecule has 0 saturated carbocycles. The molecule has 23 heavy (non-hydrogen) atoms. The Balaban J connectivity index is 0.00000264. The molecule has 2 rings (SSSR count). The lowest BCUT2D eigenvalue weighted by Crippen LogP contribution is -2.44. The van der Waals surface area contributed by atoms with Crippen LogP contribution in [0.4, 0.5) is 11.5 Å². The monoisotopic (exact) mass is 362 g/mol. The lowest BCUT2D eigenvalue weighted by Gasteiger charge is -2.23. The van der Waals surface area contributed by atoms with E-state index in [0.717, 1.165) is 6.42 Å². The van der Waals surface area contributed by atoms with Crippen molar-refractivity contribution < 1.29 is 13.2 Å². The summed E-state index contributed by atoms with van der Waals surface area (Å²) in [4.78, 5) is 16.3. The minimum absolute atomic E-state index is 0. The topological polar surface area (TPSA) is 105 Å². The van der Waals surface area contributed by atoms with Gasteiger partial charge in [-0.05, 0) is 31.4 Å². The van der Waals surface area contributed by atoms with Gasteiger partial charge in [-0.1, -0.05) is 13.3 Å². The molecule has 1 aliphatic heterocycles. The molecule has 1 aliphatic rings. The van der Waals surface area contributed by atoms with Gasteiger partial charge in [-0.25, -0.2) is 13.4 Å². The van der Waals surface area contributed by atoms with E-state index in [-0.39, 0.29) is 24.1 Å². The Morgan fingerprint density at radius 1 is 1.48 bits per heavy atom. The van der Waals surface area contributed by atoms with Crippen molar-refractivity contribution >= 4 is 39.8 Å². The Hall–Kier alpha value is -1.38. The highest BCUT2D eigenvalue weighted by Crippen LogP contribution is 2.23. The number of carbonyl (C=O) groups excluding carboxylic acids is 1. The number of halogens is 1. The van der Waals surface area contributed by atoms with E-state index in [9.17, 15) is 13.2 Å². The molecule has 3 N–H and O–H groups in total.